The van der Waals surface area contributed by atoms with Crippen molar-refractivity contribution in [1.82, 2.24) is 10.3 Å². The van der Waals surface area contributed by atoms with Crippen LogP contribution in [0.1, 0.15) is 29.7 Å². The Balaban J connectivity index is 2.38. The first-order valence-electron chi connectivity index (χ1n) is 6.11. The molecule has 1 unspecified atom stereocenters. The van der Waals surface area contributed by atoms with Crippen molar-refractivity contribution in [2.75, 3.05) is 7.05 Å². The second kappa shape index (κ2) is 5.74. The minimum atomic E-state index is -0.306. The Kier molecular flexibility index (Phi) is 4.05. The smallest absolute Gasteiger partial charge is 0.141 e. The number of rotatable bonds is 4. The summed E-state index contributed by atoms with van der Waals surface area (Å²) in [7, 11) is 1.87. The molecule has 1 heterocycles. The zero-order chi connectivity index (χ0) is 13.0. The fourth-order valence-corrected chi connectivity index (χ4v) is 2.10. The van der Waals surface area contributed by atoms with Gasteiger partial charge in [0, 0.05) is 6.20 Å². The first-order chi connectivity index (χ1) is 8.74. The lowest BCUT2D eigenvalue weighted by atomic mass is 9.98. The number of halogens is 1. The van der Waals surface area contributed by atoms with E-state index in [-0.39, 0.29) is 11.9 Å². The maximum atomic E-state index is 13.2. The average Bonchev–Trinajstić information content (AvgIpc) is 2.40. The molecule has 1 aromatic carbocycles. The van der Waals surface area contributed by atoms with Crippen LogP contribution in [0.15, 0.2) is 42.7 Å². The SMILES string of the molecule is CCc1cccc(C(NC)c2cncc(F)c2)c1. The van der Waals surface area contributed by atoms with Crippen molar-refractivity contribution in [2.24, 2.45) is 0 Å². The number of nitrogens with zero attached hydrogens (tertiary/aromatic N) is 1. The van der Waals surface area contributed by atoms with Crippen LogP contribution in [0.2, 0.25) is 0 Å². The molecule has 2 nitrogen and oxygen atoms in total. The molecule has 94 valence electrons. The molecule has 0 radical (unpaired) electrons. The van der Waals surface area contributed by atoms with Gasteiger partial charge in [0.15, 0.2) is 0 Å². The zero-order valence-corrected chi connectivity index (χ0v) is 10.7. The van der Waals surface area contributed by atoms with Crippen molar-refractivity contribution in [3.8, 4) is 0 Å². The van der Waals surface area contributed by atoms with Gasteiger partial charge < -0.3 is 5.32 Å². The van der Waals surface area contributed by atoms with Gasteiger partial charge in [0.25, 0.3) is 0 Å². The standard InChI is InChI=1S/C15H17FN2/c1-3-11-5-4-6-12(7-11)15(17-2)13-8-14(16)10-18-9-13/h4-10,15,17H,3H2,1-2H3. The van der Waals surface area contributed by atoms with Crippen LogP contribution in [0, 0.1) is 5.82 Å². The largest absolute Gasteiger partial charge is 0.309 e. The van der Waals surface area contributed by atoms with Gasteiger partial charge in [-0.1, -0.05) is 31.2 Å². The van der Waals surface area contributed by atoms with Crippen molar-refractivity contribution >= 4 is 0 Å². The summed E-state index contributed by atoms with van der Waals surface area (Å²) in [6.45, 7) is 2.12. The van der Waals surface area contributed by atoms with Gasteiger partial charge in [-0.05, 0) is 36.2 Å². The van der Waals surface area contributed by atoms with E-state index in [2.05, 4.69) is 29.4 Å². The highest BCUT2D eigenvalue weighted by Gasteiger charge is 2.13. The molecule has 0 aliphatic heterocycles. The third-order valence-electron chi connectivity index (χ3n) is 3.04. The molecule has 1 aromatic heterocycles. The van der Waals surface area contributed by atoms with Crippen molar-refractivity contribution < 1.29 is 4.39 Å². The van der Waals surface area contributed by atoms with E-state index in [1.54, 1.807) is 6.20 Å². The van der Waals surface area contributed by atoms with E-state index < -0.39 is 0 Å². The van der Waals surface area contributed by atoms with Crippen LogP contribution in [0.3, 0.4) is 0 Å². The number of aryl methyl sites for hydroxylation is 1. The highest BCUT2D eigenvalue weighted by Crippen LogP contribution is 2.22. The molecule has 1 atom stereocenters. The molecular weight excluding hydrogens is 227 g/mol. The summed E-state index contributed by atoms with van der Waals surface area (Å²) in [5.41, 5.74) is 3.24. The maximum absolute atomic E-state index is 13.2. The maximum Gasteiger partial charge on any atom is 0.141 e. The lowest BCUT2D eigenvalue weighted by Crippen LogP contribution is -2.18. The minimum Gasteiger partial charge on any atom is -0.309 e. The van der Waals surface area contributed by atoms with Gasteiger partial charge in [-0.3, -0.25) is 4.98 Å². The van der Waals surface area contributed by atoms with E-state index >= 15 is 0 Å². The monoisotopic (exact) mass is 244 g/mol. The Morgan fingerprint density at radius 2 is 2.06 bits per heavy atom. The van der Waals surface area contributed by atoms with Crippen molar-refractivity contribution in [2.45, 2.75) is 19.4 Å². The Morgan fingerprint density at radius 3 is 2.72 bits per heavy atom. The summed E-state index contributed by atoms with van der Waals surface area (Å²) in [6, 6.07) is 9.81. The number of benzene rings is 1. The zero-order valence-electron chi connectivity index (χ0n) is 10.7. The van der Waals surface area contributed by atoms with E-state index in [1.807, 2.05) is 19.2 Å². The van der Waals surface area contributed by atoms with Crippen molar-refractivity contribution in [3.63, 3.8) is 0 Å². The number of hydrogen-bond acceptors (Lipinski definition) is 2. The van der Waals surface area contributed by atoms with E-state index in [4.69, 9.17) is 0 Å². The third-order valence-corrected chi connectivity index (χ3v) is 3.04. The summed E-state index contributed by atoms with van der Waals surface area (Å²) < 4.78 is 13.2. The van der Waals surface area contributed by atoms with E-state index in [1.165, 1.54) is 17.8 Å². The molecule has 1 N–H and O–H groups in total. The van der Waals surface area contributed by atoms with Crippen LogP contribution in [-0.4, -0.2) is 12.0 Å². The molecule has 18 heavy (non-hydrogen) atoms. The lowest BCUT2D eigenvalue weighted by Gasteiger charge is -2.17. The first-order valence-corrected chi connectivity index (χ1v) is 6.11. The van der Waals surface area contributed by atoms with Crippen LogP contribution in [0.25, 0.3) is 0 Å². The predicted molar refractivity (Wildman–Crippen MR) is 70.9 cm³/mol. The van der Waals surface area contributed by atoms with Crippen LogP contribution in [0.4, 0.5) is 4.39 Å². The fraction of sp³-hybridized carbons (Fsp3) is 0.267. The Bertz CT molecular complexity index is 525. The predicted octanol–water partition coefficient (Wildman–Crippen LogP) is 3.09. The second-order valence-electron chi connectivity index (χ2n) is 4.26. The molecule has 0 aliphatic carbocycles. The van der Waals surface area contributed by atoms with Gasteiger partial charge in [-0.15, -0.1) is 0 Å². The van der Waals surface area contributed by atoms with Gasteiger partial charge in [0.2, 0.25) is 0 Å². The number of nitrogens with one attached hydrogen (secondary N) is 1. The van der Waals surface area contributed by atoms with E-state index in [0.29, 0.717) is 0 Å². The normalized spacial score (nSPS) is 12.4. The number of aromatic nitrogens is 1. The van der Waals surface area contributed by atoms with E-state index in [9.17, 15) is 4.39 Å². The van der Waals surface area contributed by atoms with Gasteiger partial charge in [0.05, 0.1) is 12.2 Å². The summed E-state index contributed by atoms with van der Waals surface area (Å²) in [5, 5.41) is 3.21. The summed E-state index contributed by atoms with van der Waals surface area (Å²) in [6.07, 6.45) is 3.91. The molecule has 0 aliphatic rings. The molecule has 0 spiro atoms. The third kappa shape index (κ3) is 2.74. The Hall–Kier alpha value is -1.74. The highest BCUT2D eigenvalue weighted by molar-refractivity contribution is 5.33. The van der Waals surface area contributed by atoms with Gasteiger partial charge in [0.1, 0.15) is 5.82 Å². The van der Waals surface area contributed by atoms with Gasteiger partial charge in [-0.25, -0.2) is 4.39 Å². The number of hydrogen-bond donors (Lipinski definition) is 1. The summed E-state index contributed by atoms with van der Waals surface area (Å²) in [5.74, 6) is -0.306. The van der Waals surface area contributed by atoms with Crippen LogP contribution >= 0.6 is 0 Å². The summed E-state index contributed by atoms with van der Waals surface area (Å²) >= 11 is 0. The molecular formula is C15H17FN2. The Morgan fingerprint density at radius 1 is 1.22 bits per heavy atom. The molecule has 2 rings (SSSR count). The molecule has 0 amide bonds. The average molecular weight is 244 g/mol. The summed E-state index contributed by atoms with van der Waals surface area (Å²) in [4.78, 5) is 3.91. The number of pyridine rings is 1. The quantitative estimate of drug-likeness (QED) is 0.894. The molecule has 0 fully saturated rings. The molecule has 2 aromatic rings. The van der Waals surface area contributed by atoms with Crippen molar-refractivity contribution in [3.05, 3.63) is 65.2 Å². The van der Waals surface area contributed by atoms with Gasteiger partial charge in [-0.2, -0.15) is 0 Å². The molecule has 3 heteroatoms. The lowest BCUT2D eigenvalue weighted by molar-refractivity contribution is 0.608. The fourth-order valence-electron chi connectivity index (χ4n) is 2.10. The van der Waals surface area contributed by atoms with Crippen molar-refractivity contribution in [1.29, 1.82) is 0 Å². The topological polar surface area (TPSA) is 24.9 Å². The molecule has 0 saturated carbocycles. The van der Waals surface area contributed by atoms with Crippen LogP contribution < -0.4 is 5.32 Å². The highest BCUT2D eigenvalue weighted by atomic mass is 19.1. The minimum absolute atomic E-state index is 0.0281. The second-order valence-corrected chi connectivity index (χ2v) is 4.26. The first kappa shape index (κ1) is 12.7. The molecule has 0 bridgehead atoms. The Labute approximate surface area is 107 Å². The molecule has 0 saturated heterocycles. The van der Waals surface area contributed by atoms with Crippen LogP contribution in [0.5, 0.6) is 0 Å². The van der Waals surface area contributed by atoms with Gasteiger partial charge >= 0.3 is 0 Å². The van der Waals surface area contributed by atoms with Crippen LogP contribution in [-0.2, 0) is 6.42 Å². The van der Waals surface area contributed by atoms with E-state index in [0.717, 1.165) is 17.5 Å².